The second kappa shape index (κ2) is 7.88. The third-order valence-electron chi connectivity index (χ3n) is 5.21. The second-order valence-electron chi connectivity index (χ2n) is 6.94. The number of rotatable bonds is 6. The van der Waals surface area contributed by atoms with Crippen molar-refractivity contribution >= 4 is 5.91 Å². The van der Waals surface area contributed by atoms with Crippen LogP contribution < -0.4 is 20.5 Å². The summed E-state index contributed by atoms with van der Waals surface area (Å²) in [7, 11) is 0. The summed E-state index contributed by atoms with van der Waals surface area (Å²) in [4.78, 5) is 12.4. The van der Waals surface area contributed by atoms with E-state index in [0.29, 0.717) is 36.0 Å². The van der Waals surface area contributed by atoms with Crippen molar-refractivity contribution in [2.24, 2.45) is 17.6 Å². The van der Waals surface area contributed by atoms with E-state index in [2.05, 4.69) is 5.32 Å². The molecule has 0 aromatic heterocycles. The number of benzene rings is 1. The number of nitrogens with one attached hydrogen (secondary N) is 1. The molecule has 2 bridgehead atoms. The molecule has 0 aliphatic heterocycles. The van der Waals surface area contributed by atoms with Crippen molar-refractivity contribution in [3.05, 3.63) is 24.3 Å². The van der Waals surface area contributed by atoms with Gasteiger partial charge in [0, 0.05) is 12.1 Å². The molecule has 2 fully saturated rings. The van der Waals surface area contributed by atoms with E-state index in [4.69, 9.17) is 15.2 Å². The van der Waals surface area contributed by atoms with E-state index >= 15 is 0 Å². The Bertz CT molecular complexity index is 549. The SMILES string of the molecule is CCOc1ccccc1OCC(=O)NC1C2CCCC1CC(N)C2. The van der Waals surface area contributed by atoms with Gasteiger partial charge in [-0.25, -0.2) is 0 Å². The van der Waals surface area contributed by atoms with Gasteiger partial charge in [-0.1, -0.05) is 18.6 Å². The quantitative estimate of drug-likeness (QED) is 0.839. The Labute approximate surface area is 143 Å². The normalized spacial score (nSPS) is 28.9. The van der Waals surface area contributed by atoms with Crippen molar-refractivity contribution in [2.45, 2.75) is 51.1 Å². The van der Waals surface area contributed by atoms with E-state index < -0.39 is 0 Å². The van der Waals surface area contributed by atoms with Crippen LogP contribution in [0.4, 0.5) is 0 Å². The van der Waals surface area contributed by atoms with Gasteiger partial charge in [0.2, 0.25) is 0 Å². The van der Waals surface area contributed by atoms with Crippen LogP contribution in [0, 0.1) is 11.8 Å². The fourth-order valence-electron chi connectivity index (χ4n) is 4.24. The number of hydrogen-bond acceptors (Lipinski definition) is 4. The molecule has 2 aliphatic rings. The van der Waals surface area contributed by atoms with Crippen LogP contribution in [0.2, 0.25) is 0 Å². The average Bonchev–Trinajstić information content (AvgIpc) is 2.55. The van der Waals surface area contributed by atoms with E-state index in [1.54, 1.807) is 0 Å². The fraction of sp³-hybridized carbons (Fsp3) is 0.632. The Morgan fingerprint density at radius 3 is 2.42 bits per heavy atom. The van der Waals surface area contributed by atoms with Crippen LogP contribution in [0.3, 0.4) is 0 Å². The molecule has 1 amide bonds. The van der Waals surface area contributed by atoms with Crippen molar-refractivity contribution in [1.29, 1.82) is 0 Å². The van der Waals surface area contributed by atoms with E-state index in [9.17, 15) is 4.79 Å². The Morgan fingerprint density at radius 1 is 1.17 bits per heavy atom. The largest absolute Gasteiger partial charge is 0.490 e. The summed E-state index contributed by atoms with van der Waals surface area (Å²) < 4.78 is 11.2. The van der Waals surface area contributed by atoms with E-state index in [-0.39, 0.29) is 18.6 Å². The van der Waals surface area contributed by atoms with Crippen molar-refractivity contribution in [3.8, 4) is 11.5 Å². The molecule has 1 aromatic rings. The van der Waals surface area contributed by atoms with Gasteiger partial charge in [-0.2, -0.15) is 0 Å². The number of nitrogens with two attached hydrogens (primary N) is 1. The minimum absolute atomic E-state index is 0.0199. The first-order chi connectivity index (χ1) is 11.7. The van der Waals surface area contributed by atoms with Crippen LogP contribution in [0.15, 0.2) is 24.3 Å². The minimum atomic E-state index is -0.0568. The van der Waals surface area contributed by atoms with Crippen LogP contribution in [-0.4, -0.2) is 31.2 Å². The molecular formula is C19H28N2O3. The lowest BCUT2D eigenvalue weighted by atomic mass is 9.67. The summed E-state index contributed by atoms with van der Waals surface area (Å²) in [6, 6.07) is 8.00. The highest BCUT2D eigenvalue weighted by molar-refractivity contribution is 5.78. The maximum atomic E-state index is 12.4. The third-order valence-corrected chi connectivity index (χ3v) is 5.21. The van der Waals surface area contributed by atoms with Gasteiger partial charge >= 0.3 is 0 Å². The monoisotopic (exact) mass is 332 g/mol. The maximum Gasteiger partial charge on any atom is 0.258 e. The first-order valence-corrected chi connectivity index (χ1v) is 9.07. The lowest BCUT2D eigenvalue weighted by Gasteiger charge is -2.45. The van der Waals surface area contributed by atoms with Gasteiger partial charge in [-0.05, 0) is 56.6 Å². The molecule has 5 nitrogen and oxygen atoms in total. The highest BCUT2D eigenvalue weighted by Crippen LogP contribution is 2.39. The van der Waals surface area contributed by atoms with Crippen molar-refractivity contribution < 1.29 is 14.3 Å². The highest BCUT2D eigenvalue weighted by atomic mass is 16.5. The number of para-hydroxylation sites is 2. The summed E-state index contributed by atoms with van der Waals surface area (Å²) >= 11 is 0. The van der Waals surface area contributed by atoms with Gasteiger partial charge in [0.15, 0.2) is 18.1 Å². The molecule has 2 unspecified atom stereocenters. The van der Waals surface area contributed by atoms with Crippen LogP contribution in [0.5, 0.6) is 11.5 Å². The molecule has 2 saturated carbocycles. The number of fused-ring (bicyclic) bond motifs is 2. The minimum Gasteiger partial charge on any atom is -0.490 e. The zero-order valence-electron chi connectivity index (χ0n) is 14.4. The van der Waals surface area contributed by atoms with Gasteiger partial charge < -0.3 is 20.5 Å². The standard InChI is InChI=1S/C19H28N2O3/c1-2-23-16-8-3-4-9-17(16)24-12-18(22)21-19-13-6-5-7-14(19)11-15(20)10-13/h3-4,8-9,13-15,19H,2,5-7,10-12,20H2,1H3,(H,21,22). The predicted octanol–water partition coefficient (Wildman–Crippen LogP) is 2.49. The summed E-state index contributed by atoms with van der Waals surface area (Å²) in [6.45, 7) is 2.51. The summed E-state index contributed by atoms with van der Waals surface area (Å²) in [5.74, 6) is 2.27. The van der Waals surface area contributed by atoms with Crippen molar-refractivity contribution in [2.75, 3.05) is 13.2 Å². The molecule has 2 atom stereocenters. The topological polar surface area (TPSA) is 73.6 Å². The Hall–Kier alpha value is -1.75. The maximum absolute atomic E-state index is 12.4. The second-order valence-corrected chi connectivity index (χ2v) is 6.94. The molecule has 2 aliphatic carbocycles. The summed E-state index contributed by atoms with van der Waals surface area (Å²) in [5, 5.41) is 3.20. The average molecular weight is 332 g/mol. The van der Waals surface area contributed by atoms with Crippen LogP contribution in [0.25, 0.3) is 0 Å². The lowest BCUT2D eigenvalue weighted by molar-refractivity contribution is -0.125. The van der Waals surface area contributed by atoms with Gasteiger partial charge in [0.25, 0.3) is 5.91 Å². The molecule has 132 valence electrons. The summed E-state index contributed by atoms with van der Waals surface area (Å²) in [6.07, 6.45) is 5.64. The van der Waals surface area contributed by atoms with E-state index in [1.165, 1.54) is 19.3 Å². The molecule has 5 heteroatoms. The molecular weight excluding hydrogens is 304 g/mol. The molecule has 3 N–H and O–H groups in total. The van der Waals surface area contributed by atoms with Crippen LogP contribution in [0.1, 0.15) is 39.0 Å². The van der Waals surface area contributed by atoms with E-state index in [0.717, 1.165) is 12.8 Å². The van der Waals surface area contributed by atoms with Crippen LogP contribution >= 0.6 is 0 Å². The first kappa shape index (κ1) is 17.1. The first-order valence-electron chi connectivity index (χ1n) is 9.07. The van der Waals surface area contributed by atoms with Crippen molar-refractivity contribution in [1.82, 2.24) is 5.32 Å². The highest BCUT2D eigenvalue weighted by Gasteiger charge is 2.39. The third kappa shape index (κ3) is 4.01. The van der Waals surface area contributed by atoms with Gasteiger partial charge in [0.1, 0.15) is 0 Å². The molecule has 1 aromatic carbocycles. The zero-order valence-corrected chi connectivity index (χ0v) is 14.4. The summed E-state index contributed by atoms with van der Waals surface area (Å²) in [5.41, 5.74) is 6.15. The zero-order chi connectivity index (χ0) is 16.9. The fourth-order valence-corrected chi connectivity index (χ4v) is 4.24. The number of carbonyl (C=O) groups excluding carboxylic acids is 1. The number of ether oxygens (including phenoxy) is 2. The Balaban J connectivity index is 1.55. The Kier molecular flexibility index (Phi) is 5.61. The molecule has 3 rings (SSSR count). The van der Waals surface area contributed by atoms with Gasteiger partial charge in [0.05, 0.1) is 6.61 Å². The number of carbonyl (C=O) groups is 1. The molecule has 0 saturated heterocycles. The number of hydrogen-bond donors (Lipinski definition) is 2. The van der Waals surface area contributed by atoms with E-state index in [1.807, 2.05) is 31.2 Å². The van der Waals surface area contributed by atoms with Crippen LogP contribution in [-0.2, 0) is 4.79 Å². The molecule has 0 spiro atoms. The lowest BCUT2D eigenvalue weighted by Crippen LogP contribution is -2.54. The number of amides is 1. The molecule has 0 radical (unpaired) electrons. The molecule has 24 heavy (non-hydrogen) atoms. The molecule has 0 heterocycles. The smallest absolute Gasteiger partial charge is 0.258 e. The predicted molar refractivity (Wildman–Crippen MR) is 93.1 cm³/mol. The van der Waals surface area contributed by atoms with Gasteiger partial charge in [-0.3, -0.25) is 4.79 Å². The van der Waals surface area contributed by atoms with Gasteiger partial charge in [-0.15, -0.1) is 0 Å². The van der Waals surface area contributed by atoms with Crippen molar-refractivity contribution in [3.63, 3.8) is 0 Å². The Morgan fingerprint density at radius 2 is 1.79 bits per heavy atom.